The van der Waals surface area contributed by atoms with Crippen LogP contribution in [0.2, 0.25) is 0 Å². The van der Waals surface area contributed by atoms with E-state index in [-0.39, 0.29) is 11.3 Å². The van der Waals surface area contributed by atoms with Gasteiger partial charge in [0.15, 0.2) is 0 Å². The Morgan fingerprint density at radius 2 is 1.53 bits per heavy atom. The van der Waals surface area contributed by atoms with Crippen LogP contribution in [0.5, 0.6) is 0 Å². The van der Waals surface area contributed by atoms with Crippen LogP contribution < -0.4 is 0 Å². The molecule has 0 bridgehead atoms. The Morgan fingerprint density at radius 3 is 2.12 bits per heavy atom. The van der Waals surface area contributed by atoms with Crippen LogP contribution in [-0.2, 0) is 0 Å². The number of nitro benzene ring substituents is 1. The predicted molar refractivity (Wildman–Crippen MR) is 58.4 cm³/mol. The smallest absolute Gasteiger partial charge is 0.258 e. The third kappa shape index (κ3) is 2.28. The van der Waals surface area contributed by atoms with Crippen molar-refractivity contribution in [2.24, 2.45) is 0 Å². The van der Waals surface area contributed by atoms with E-state index in [1.807, 2.05) is 0 Å². The van der Waals surface area contributed by atoms with Gasteiger partial charge in [-0.2, -0.15) is 0 Å². The molecule has 3 nitrogen and oxygen atoms in total. The minimum absolute atomic E-state index is 0.261. The van der Waals surface area contributed by atoms with Gasteiger partial charge in [-0.1, -0.05) is 12.1 Å². The molecule has 0 N–H and O–H groups in total. The summed E-state index contributed by atoms with van der Waals surface area (Å²) in [5.74, 6) is -1.11. The number of benzene rings is 2. The number of nitro groups is 1. The first kappa shape index (κ1) is 11.2. The van der Waals surface area contributed by atoms with Crippen LogP contribution in [0.15, 0.2) is 42.5 Å². The monoisotopic (exact) mass is 235 g/mol. The molecule has 2 aromatic rings. The number of rotatable bonds is 2. The molecule has 0 saturated carbocycles. The first-order valence-electron chi connectivity index (χ1n) is 4.78. The van der Waals surface area contributed by atoms with Gasteiger partial charge in [0.1, 0.15) is 11.6 Å². The van der Waals surface area contributed by atoms with E-state index in [9.17, 15) is 18.9 Å². The molecule has 5 heteroatoms. The topological polar surface area (TPSA) is 43.1 Å². The summed E-state index contributed by atoms with van der Waals surface area (Å²) >= 11 is 0. The quantitative estimate of drug-likeness (QED) is 0.590. The van der Waals surface area contributed by atoms with E-state index in [1.165, 1.54) is 30.3 Å². The molecule has 0 fully saturated rings. The largest absolute Gasteiger partial charge is 0.280 e. The zero-order valence-corrected chi connectivity index (χ0v) is 8.56. The fourth-order valence-electron chi connectivity index (χ4n) is 1.53. The first-order valence-corrected chi connectivity index (χ1v) is 4.78. The second-order valence-corrected chi connectivity index (χ2v) is 3.43. The maximum Gasteiger partial charge on any atom is 0.280 e. The summed E-state index contributed by atoms with van der Waals surface area (Å²) in [6, 6.07) is 8.50. The summed E-state index contributed by atoms with van der Waals surface area (Å²) in [5.41, 5.74) is 0.395. The Balaban J connectivity index is 2.58. The van der Waals surface area contributed by atoms with Crippen LogP contribution in [0.1, 0.15) is 0 Å². The Bertz CT molecular complexity index is 567. The fourth-order valence-corrected chi connectivity index (χ4v) is 1.53. The second-order valence-electron chi connectivity index (χ2n) is 3.43. The Morgan fingerprint density at radius 1 is 0.941 bits per heavy atom. The van der Waals surface area contributed by atoms with E-state index in [0.717, 1.165) is 12.1 Å². The third-order valence-electron chi connectivity index (χ3n) is 2.31. The zero-order chi connectivity index (χ0) is 12.4. The van der Waals surface area contributed by atoms with Gasteiger partial charge in [0.05, 0.1) is 16.6 Å². The Hall–Kier alpha value is -2.30. The van der Waals surface area contributed by atoms with Gasteiger partial charge in [-0.15, -0.1) is 0 Å². The fraction of sp³-hybridized carbons (Fsp3) is 0. The summed E-state index contributed by atoms with van der Waals surface area (Å²) in [4.78, 5) is 10.1. The molecule has 0 atom stereocenters. The van der Waals surface area contributed by atoms with Crippen LogP contribution in [0, 0.1) is 21.7 Å². The van der Waals surface area contributed by atoms with Crippen molar-refractivity contribution in [3.05, 3.63) is 64.2 Å². The van der Waals surface area contributed by atoms with Crippen molar-refractivity contribution in [2.45, 2.75) is 0 Å². The molecular formula is C12H7F2NO2. The SMILES string of the molecule is O=[N+]([O-])c1cc(F)ccc1-c1ccc(F)cc1. The molecule has 2 rings (SSSR count). The summed E-state index contributed by atoms with van der Waals surface area (Å²) in [5, 5.41) is 10.8. The van der Waals surface area contributed by atoms with Crippen molar-refractivity contribution in [3.8, 4) is 11.1 Å². The highest BCUT2D eigenvalue weighted by atomic mass is 19.1. The highest BCUT2D eigenvalue weighted by molar-refractivity contribution is 5.73. The van der Waals surface area contributed by atoms with E-state index in [0.29, 0.717) is 5.56 Å². The maximum atomic E-state index is 12.9. The lowest BCUT2D eigenvalue weighted by molar-refractivity contribution is -0.384. The van der Waals surface area contributed by atoms with Gasteiger partial charge < -0.3 is 0 Å². The molecule has 0 unspecified atom stereocenters. The van der Waals surface area contributed by atoms with Gasteiger partial charge >= 0.3 is 0 Å². The maximum absolute atomic E-state index is 12.9. The zero-order valence-electron chi connectivity index (χ0n) is 8.56. The number of hydrogen-bond acceptors (Lipinski definition) is 2. The summed E-state index contributed by atoms with van der Waals surface area (Å²) in [7, 11) is 0. The van der Waals surface area contributed by atoms with Gasteiger partial charge in [-0.05, 0) is 29.8 Å². The molecule has 0 aromatic heterocycles. The van der Waals surface area contributed by atoms with Gasteiger partial charge in [0.25, 0.3) is 5.69 Å². The minimum Gasteiger partial charge on any atom is -0.258 e. The van der Waals surface area contributed by atoms with Crippen molar-refractivity contribution >= 4 is 5.69 Å². The first-order chi connectivity index (χ1) is 8.08. The molecule has 0 amide bonds. The Kier molecular flexibility index (Phi) is 2.82. The number of halogens is 2. The van der Waals surface area contributed by atoms with E-state index >= 15 is 0 Å². The van der Waals surface area contributed by atoms with E-state index < -0.39 is 16.6 Å². The normalized spacial score (nSPS) is 10.2. The molecule has 2 aromatic carbocycles. The summed E-state index contributed by atoms with van der Waals surface area (Å²) in [6.45, 7) is 0. The van der Waals surface area contributed by atoms with Crippen molar-refractivity contribution in [1.82, 2.24) is 0 Å². The second kappa shape index (κ2) is 4.29. The molecule has 0 aliphatic heterocycles. The molecular weight excluding hydrogens is 228 g/mol. The van der Waals surface area contributed by atoms with E-state index in [1.54, 1.807) is 0 Å². The highest BCUT2D eigenvalue weighted by Crippen LogP contribution is 2.30. The highest BCUT2D eigenvalue weighted by Gasteiger charge is 2.16. The van der Waals surface area contributed by atoms with Gasteiger partial charge in [-0.3, -0.25) is 10.1 Å². The minimum atomic E-state index is -0.678. The molecule has 86 valence electrons. The average Bonchev–Trinajstić information content (AvgIpc) is 2.30. The van der Waals surface area contributed by atoms with Crippen LogP contribution in [0.4, 0.5) is 14.5 Å². The molecule has 0 radical (unpaired) electrons. The van der Waals surface area contributed by atoms with Crippen molar-refractivity contribution in [2.75, 3.05) is 0 Å². The summed E-state index contributed by atoms with van der Waals surface area (Å²) < 4.78 is 25.7. The lowest BCUT2D eigenvalue weighted by Gasteiger charge is -2.03. The molecule has 0 aliphatic carbocycles. The Labute approximate surface area is 95.5 Å². The molecule has 0 spiro atoms. The molecule has 0 heterocycles. The van der Waals surface area contributed by atoms with Crippen molar-refractivity contribution in [1.29, 1.82) is 0 Å². The standard InChI is InChI=1S/C12H7F2NO2/c13-9-3-1-8(2-4-9)11-6-5-10(14)7-12(11)15(16)17/h1-7H. The lowest BCUT2D eigenvalue weighted by Crippen LogP contribution is -1.93. The predicted octanol–water partition coefficient (Wildman–Crippen LogP) is 3.54. The van der Waals surface area contributed by atoms with E-state index in [2.05, 4.69) is 0 Å². The average molecular weight is 235 g/mol. The lowest BCUT2D eigenvalue weighted by atomic mass is 10.0. The number of nitrogens with zero attached hydrogens (tertiary/aromatic N) is 1. The van der Waals surface area contributed by atoms with Crippen LogP contribution >= 0.6 is 0 Å². The third-order valence-corrected chi connectivity index (χ3v) is 2.31. The van der Waals surface area contributed by atoms with Gasteiger partial charge in [0, 0.05) is 0 Å². The van der Waals surface area contributed by atoms with Crippen molar-refractivity contribution in [3.63, 3.8) is 0 Å². The van der Waals surface area contributed by atoms with E-state index in [4.69, 9.17) is 0 Å². The van der Waals surface area contributed by atoms with Crippen LogP contribution in [0.3, 0.4) is 0 Å². The molecule has 0 saturated heterocycles. The van der Waals surface area contributed by atoms with Gasteiger partial charge in [-0.25, -0.2) is 8.78 Å². The summed E-state index contributed by atoms with van der Waals surface area (Å²) in [6.07, 6.45) is 0. The molecule has 17 heavy (non-hydrogen) atoms. The van der Waals surface area contributed by atoms with Gasteiger partial charge in [0.2, 0.25) is 0 Å². The molecule has 0 aliphatic rings. The number of hydrogen-bond donors (Lipinski definition) is 0. The van der Waals surface area contributed by atoms with Crippen molar-refractivity contribution < 1.29 is 13.7 Å². The van der Waals surface area contributed by atoms with Crippen LogP contribution in [-0.4, -0.2) is 4.92 Å². The van der Waals surface area contributed by atoms with Crippen LogP contribution in [0.25, 0.3) is 11.1 Å².